The molecule has 0 radical (unpaired) electrons. The smallest absolute Gasteiger partial charge is 0.123 e. The molecule has 0 aliphatic carbocycles. The van der Waals surface area contributed by atoms with E-state index < -0.39 is 18.3 Å². The van der Waals surface area contributed by atoms with Crippen LogP contribution in [0.5, 0.6) is 0 Å². The second kappa shape index (κ2) is 8.36. The number of aliphatic hydroxyl groups is 2. The van der Waals surface area contributed by atoms with E-state index in [0.29, 0.717) is 6.42 Å². The molecule has 4 atom stereocenters. The maximum Gasteiger partial charge on any atom is 0.123 e. The van der Waals surface area contributed by atoms with Gasteiger partial charge in [0.15, 0.2) is 0 Å². The number of aliphatic hydroxyl groups excluding tert-OH is 2. The molecule has 29 heavy (non-hydrogen) atoms. The Morgan fingerprint density at radius 2 is 1.83 bits per heavy atom. The van der Waals surface area contributed by atoms with E-state index in [4.69, 9.17) is 4.74 Å². The maximum atomic E-state index is 13.2. The maximum absolute atomic E-state index is 13.2. The summed E-state index contributed by atoms with van der Waals surface area (Å²) >= 11 is 1.70. The first kappa shape index (κ1) is 20.2. The molecule has 1 fully saturated rings. The number of aryl methyl sites for hydroxylation is 1. The van der Waals surface area contributed by atoms with Crippen LogP contribution in [0.25, 0.3) is 10.4 Å². The van der Waals surface area contributed by atoms with Crippen molar-refractivity contribution in [1.29, 1.82) is 0 Å². The molecule has 152 valence electrons. The fourth-order valence-corrected chi connectivity index (χ4v) is 4.87. The van der Waals surface area contributed by atoms with Crippen LogP contribution in [-0.4, -0.2) is 28.5 Å². The van der Waals surface area contributed by atoms with Gasteiger partial charge in [0.05, 0.1) is 12.2 Å². The zero-order chi connectivity index (χ0) is 20.5. The highest BCUT2D eigenvalue weighted by molar-refractivity contribution is 7.15. The van der Waals surface area contributed by atoms with E-state index in [2.05, 4.69) is 25.1 Å². The van der Waals surface area contributed by atoms with Crippen molar-refractivity contribution in [3.05, 3.63) is 82.0 Å². The lowest BCUT2D eigenvalue weighted by Gasteiger charge is -2.36. The third-order valence-electron chi connectivity index (χ3n) is 5.51. The molecule has 1 aliphatic rings. The molecule has 0 bridgehead atoms. The molecule has 0 amide bonds. The molecule has 2 aromatic carbocycles. The largest absolute Gasteiger partial charge is 0.390 e. The predicted molar refractivity (Wildman–Crippen MR) is 114 cm³/mol. The lowest BCUT2D eigenvalue weighted by Crippen LogP contribution is -2.42. The minimum atomic E-state index is -0.923. The molecule has 2 N–H and O–H groups in total. The van der Waals surface area contributed by atoms with Crippen LogP contribution < -0.4 is 0 Å². The summed E-state index contributed by atoms with van der Waals surface area (Å²) in [5, 5.41) is 20.5. The third-order valence-corrected chi connectivity index (χ3v) is 6.65. The second-order valence-electron chi connectivity index (χ2n) is 7.80. The number of thiophene rings is 1. The summed E-state index contributed by atoms with van der Waals surface area (Å²) in [6, 6.07) is 16.8. The summed E-state index contributed by atoms with van der Waals surface area (Å²) in [6.45, 7) is 3.99. The topological polar surface area (TPSA) is 49.7 Å². The van der Waals surface area contributed by atoms with Crippen molar-refractivity contribution >= 4 is 11.3 Å². The van der Waals surface area contributed by atoms with Crippen molar-refractivity contribution in [3.8, 4) is 10.4 Å². The zero-order valence-electron chi connectivity index (χ0n) is 16.5. The SMILES string of the molecule is Cc1ccc([C@@H]2O[C@H](C)C[C@H](O)C2O)cc1Cc1ccc(-c2ccc(F)cc2)s1. The number of hydrogen-bond acceptors (Lipinski definition) is 4. The number of hydrogen-bond donors (Lipinski definition) is 2. The summed E-state index contributed by atoms with van der Waals surface area (Å²) < 4.78 is 19.1. The van der Waals surface area contributed by atoms with Gasteiger partial charge in [0.2, 0.25) is 0 Å². The third kappa shape index (κ3) is 4.43. The number of halogens is 1. The first-order valence-electron chi connectivity index (χ1n) is 9.86. The second-order valence-corrected chi connectivity index (χ2v) is 8.96. The van der Waals surface area contributed by atoms with Gasteiger partial charge >= 0.3 is 0 Å². The Morgan fingerprint density at radius 3 is 2.59 bits per heavy atom. The highest BCUT2D eigenvalue weighted by Crippen LogP contribution is 2.34. The van der Waals surface area contributed by atoms with Gasteiger partial charge < -0.3 is 14.9 Å². The molecule has 1 aliphatic heterocycles. The molecule has 0 spiro atoms. The highest BCUT2D eigenvalue weighted by Gasteiger charge is 2.36. The van der Waals surface area contributed by atoms with Crippen LogP contribution in [0.15, 0.2) is 54.6 Å². The van der Waals surface area contributed by atoms with Gasteiger partial charge in [0.1, 0.15) is 18.0 Å². The Kier molecular flexibility index (Phi) is 5.83. The lowest BCUT2D eigenvalue weighted by atomic mass is 9.91. The summed E-state index contributed by atoms with van der Waals surface area (Å²) in [5.41, 5.74) is 4.23. The van der Waals surface area contributed by atoms with Gasteiger partial charge in [-0.15, -0.1) is 11.3 Å². The van der Waals surface area contributed by atoms with E-state index in [0.717, 1.165) is 22.4 Å². The summed E-state index contributed by atoms with van der Waals surface area (Å²) in [7, 11) is 0. The van der Waals surface area contributed by atoms with Crippen molar-refractivity contribution in [3.63, 3.8) is 0 Å². The number of ether oxygens (including phenoxy) is 1. The normalized spacial score (nSPS) is 24.6. The van der Waals surface area contributed by atoms with Crippen molar-refractivity contribution < 1.29 is 19.3 Å². The molecule has 0 saturated carbocycles. The van der Waals surface area contributed by atoms with Crippen LogP contribution in [-0.2, 0) is 11.2 Å². The molecule has 5 heteroatoms. The van der Waals surface area contributed by atoms with Crippen molar-refractivity contribution in [2.75, 3.05) is 0 Å². The van der Waals surface area contributed by atoms with Gasteiger partial charge in [-0.2, -0.15) is 0 Å². The summed E-state index contributed by atoms with van der Waals surface area (Å²) in [6.07, 6.45) is -1.10. The summed E-state index contributed by atoms with van der Waals surface area (Å²) in [5.74, 6) is -0.232. The Bertz CT molecular complexity index is 982. The molecule has 1 saturated heterocycles. The van der Waals surface area contributed by atoms with Crippen LogP contribution >= 0.6 is 11.3 Å². The van der Waals surface area contributed by atoms with Crippen LogP contribution in [0, 0.1) is 12.7 Å². The molecule has 3 aromatic rings. The quantitative estimate of drug-likeness (QED) is 0.632. The molecule has 2 heterocycles. The van der Waals surface area contributed by atoms with E-state index >= 15 is 0 Å². The molecule has 1 aromatic heterocycles. The van der Waals surface area contributed by atoms with Gasteiger partial charge in [-0.05, 0) is 60.4 Å². The Labute approximate surface area is 174 Å². The highest BCUT2D eigenvalue weighted by atomic mass is 32.1. The van der Waals surface area contributed by atoms with E-state index in [1.54, 1.807) is 23.5 Å². The Balaban J connectivity index is 1.56. The molecular formula is C24H25FO3S. The minimum Gasteiger partial charge on any atom is -0.390 e. The van der Waals surface area contributed by atoms with Crippen molar-refractivity contribution in [2.45, 2.75) is 51.1 Å². The van der Waals surface area contributed by atoms with Gasteiger partial charge in [-0.1, -0.05) is 30.3 Å². The minimum absolute atomic E-state index is 0.0984. The van der Waals surface area contributed by atoms with Crippen LogP contribution in [0.4, 0.5) is 4.39 Å². The van der Waals surface area contributed by atoms with Crippen molar-refractivity contribution in [1.82, 2.24) is 0 Å². The van der Waals surface area contributed by atoms with E-state index in [1.807, 2.05) is 19.1 Å². The van der Waals surface area contributed by atoms with E-state index in [9.17, 15) is 14.6 Å². The average molecular weight is 413 g/mol. The lowest BCUT2D eigenvalue weighted by molar-refractivity contribution is -0.166. The van der Waals surface area contributed by atoms with Crippen molar-refractivity contribution in [2.24, 2.45) is 0 Å². The van der Waals surface area contributed by atoms with Gasteiger partial charge in [0, 0.05) is 22.6 Å². The van der Waals surface area contributed by atoms with E-state index in [1.165, 1.54) is 28.1 Å². The summed E-state index contributed by atoms with van der Waals surface area (Å²) in [4.78, 5) is 2.32. The fraction of sp³-hybridized carbons (Fsp3) is 0.333. The Morgan fingerprint density at radius 1 is 1.07 bits per heavy atom. The van der Waals surface area contributed by atoms with Gasteiger partial charge in [-0.25, -0.2) is 4.39 Å². The monoisotopic (exact) mass is 412 g/mol. The number of rotatable bonds is 4. The van der Waals surface area contributed by atoms with Crippen LogP contribution in [0.1, 0.15) is 41.0 Å². The van der Waals surface area contributed by atoms with Crippen LogP contribution in [0.3, 0.4) is 0 Å². The molecular weight excluding hydrogens is 387 g/mol. The number of benzene rings is 2. The molecule has 4 rings (SSSR count). The van der Waals surface area contributed by atoms with Gasteiger partial charge in [0.25, 0.3) is 0 Å². The first-order valence-corrected chi connectivity index (χ1v) is 10.7. The van der Waals surface area contributed by atoms with E-state index in [-0.39, 0.29) is 11.9 Å². The first-order chi connectivity index (χ1) is 13.9. The van der Waals surface area contributed by atoms with Crippen LogP contribution in [0.2, 0.25) is 0 Å². The average Bonchev–Trinajstić information content (AvgIpc) is 3.15. The molecule has 3 nitrogen and oxygen atoms in total. The fourth-order valence-electron chi connectivity index (χ4n) is 3.83. The standard InChI is InChI=1S/C24H25FO3S/c1-14-3-4-17(24-23(27)21(26)11-15(2)28-24)12-18(14)13-20-9-10-22(29-20)16-5-7-19(25)8-6-16/h3-10,12,15,21,23-24,26-27H,11,13H2,1-2H3/t15-,21+,23?,24+/m1/s1. The predicted octanol–water partition coefficient (Wildman–Crippen LogP) is 5.03. The zero-order valence-corrected chi connectivity index (χ0v) is 17.3. The molecule has 1 unspecified atom stereocenters. The van der Waals surface area contributed by atoms with Gasteiger partial charge in [-0.3, -0.25) is 0 Å². The Hall–Kier alpha value is -2.05.